The molecule has 2 aliphatic rings. The average Bonchev–Trinajstić information content (AvgIpc) is 3.11. The predicted molar refractivity (Wildman–Crippen MR) is 71.5 cm³/mol. The maximum atomic E-state index is 12.5. The molecule has 19 heavy (non-hydrogen) atoms. The van der Waals surface area contributed by atoms with E-state index in [1.807, 2.05) is 17.0 Å². The van der Waals surface area contributed by atoms with Crippen LogP contribution in [0.2, 0.25) is 0 Å². The van der Waals surface area contributed by atoms with E-state index in [9.17, 15) is 4.79 Å². The number of benzene rings is 1. The molecule has 1 fully saturated rings. The molecule has 0 spiro atoms. The standard InChI is InChI=1S/C15H19NO3/c1-2-7-16(9-11-3-4-11)15(17)12-5-6-13-14(8-12)19-10-18-13/h5-6,8,11H,2-4,7,9-10H2,1H3. The van der Waals surface area contributed by atoms with Gasteiger partial charge in [-0.05, 0) is 43.4 Å². The second-order valence-corrected chi connectivity index (χ2v) is 5.26. The highest BCUT2D eigenvalue weighted by Gasteiger charge is 2.27. The summed E-state index contributed by atoms with van der Waals surface area (Å²) in [6.07, 6.45) is 3.51. The molecule has 3 rings (SSSR count). The highest BCUT2D eigenvalue weighted by Crippen LogP contribution is 2.34. The van der Waals surface area contributed by atoms with Crippen molar-refractivity contribution in [2.75, 3.05) is 19.9 Å². The second-order valence-electron chi connectivity index (χ2n) is 5.26. The third-order valence-corrected chi connectivity index (χ3v) is 3.58. The van der Waals surface area contributed by atoms with Crippen molar-refractivity contribution in [1.82, 2.24) is 4.90 Å². The van der Waals surface area contributed by atoms with Crippen LogP contribution in [0.1, 0.15) is 36.5 Å². The molecule has 0 saturated heterocycles. The minimum absolute atomic E-state index is 0.104. The van der Waals surface area contributed by atoms with Crippen molar-refractivity contribution in [2.24, 2.45) is 5.92 Å². The molecule has 0 unspecified atom stereocenters. The van der Waals surface area contributed by atoms with Gasteiger partial charge in [-0.25, -0.2) is 0 Å². The van der Waals surface area contributed by atoms with Crippen LogP contribution in [0.25, 0.3) is 0 Å². The van der Waals surface area contributed by atoms with Crippen LogP contribution in [0, 0.1) is 5.92 Å². The van der Waals surface area contributed by atoms with E-state index >= 15 is 0 Å². The van der Waals surface area contributed by atoms with E-state index < -0.39 is 0 Å². The van der Waals surface area contributed by atoms with Crippen molar-refractivity contribution in [3.63, 3.8) is 0 Å². The van der Waals surface area contributed by atoms with Gasteiger partial charge in [0.2, 0.25) is 6.79 Å². The summed E-state index contributed by atoms with van der Waals surface area (Å²) in [4.78, 5) is 14.5. The molecule has 1 aromatic carbocycles. The number of fused-ring (bicyclic) bond motifs is 1. The Bertz CT molecular complexity index is 482. The first kappa shape index (κ1) is 12.3. The Kier molecular flexibility index (Phi) is 3.32. The number of hydrogen-bond donors (Lipinski definition) is 0. The van der Waals surface area contributed by atoms with E-state index in [0.717, 1.165) is 25.3 Å². The average molecular weight is 261 g/mol. The van der Waals surface area contributed by atoms with Crippen molar-refractivity contribution in [2.45, 2.75) is 26.2 Å². The molecular weight excluding hydrogens is 242 g/mol. The smallest absolute Gasteiger partial charge is 0.254 e. The first-order valence-electron chi connectivity index (χ1n) is 6.97. The highest BCUT2D eigenvalue weighted by molar-refractivity contribution is 5.95. The Labute approximate surface area is 113 Å². The van der Waals surface area contributed by atoms with Gasteiger partial charge in [-0.2, -0.15) is 0 Å². The summed E-state index contributed by atoms with van der Waals surface area (Å²) in [5, 5.41) is 0. The lowest BCUT2D eigenvalue weighted by Crippen LogP contribution is -2.33. The fourth-order valence-corrected chi connectivity index (χ4v) is 2.37. The van der Waals surface area contributed by atoms with Gasteiger partial charge in [0.25, 0.3) is 5.91 Å². The van der Waals surface area contributed by atoms with Gasteiger partial charge in [-0.1, -0.05) is 6.92 Å². The molecule has 1 aliphatic carbocycles. The topological polar surface area (TPSA) is 38.8 Å². The largest absolute Gasteiger partial charge is 0.454 e. The lowest BCUT2D eigenvalue weighted by Gasteiger charge is -2.22. The Morgan fingerprint density at radius 3 is 2.84 bits per heavy atom. The molecule has 0 atom stereocenters. The summed E-state index contributed by atoms with van der Waals surface area (Å²) in [6, 6.07) is 5.43. The van der Waals surface area contributed by atoms with Crippen LogP contribution in [0.5, 0.6) is 11.5 Å². The van der Waals surface area contributed by atoms with Gasteiger partial charge in [0.15, 0.2) is 11.5 Å². The molecule has 1 amide bonds. The summed E-state index contributed by atoms with van der Waals surface area (Å²) < 4.78 is 10.6. The van der Waals surface area contributed by atoms with E-state index in [2.05, 4.69) is 6.92 Å². The molecular formula is C15H19NO3. The van der Waals surface area contributed by atoms with Gasteiger partial charge in [0.1, 0.15) is 0 Å². The molecule has 1 saturated carbocycles. The molecule has 0 radical (unpaired) electrons. The van der Waals surface area contributed by atoms with Crippen molar-refractivity contribution in [1.29, 1.82) is 0 Å². The Morgan fingerprint density at radius 1 is 1.32 bits per heavy atom. The lowest BCUT2D eigenvalue weighted by atomic mass is 10.1. The first-order valence-corrected chi connectivity index (χ1v) is 6.97. The van der Waals surface area contributed by atoms with Crippen LogP contribution < -0.4 is 9.47 Å². The Morgan fingerprint density at radius 2 is 2.11 bits per heavy atom. The molecule has 102 valence electrons. The van der Waals surface area contributed by atoms with Gasteiger partial charge in [-0.15, -0.1) is 0 Å². The number of nitrogens with zero attached hydrogens (tertiary/aromatic N) is 1. The zero-order valence-electron chi connectivity index (χ0n) is 11.2. The zero-order chi connectivity index (χ0) is 13.2. The van der Waals surface area contributed by atoms with E-state index in [1.54, 1.807) is 6.07 Å². The molecule has 1 aromatic rings. The van der Waals surface area contributed by atoms with E-state index in [-0.39, 0.29) is 12.7 Å². The SMILES string of the molecule is CCCN(CC1CC1)C(=O)c1ccc2c(c1)OCO2. The normalized spacial score (nSPS) is 16.5. The fourth-order valence-electron chi connectivity index (χ4n) is 2.37. The van der Waals surface area contributed by atoms with Gasteiger partial charge >= 0.3 is 0 Å². The van der Waals surface area contributed by atoms with Crippen LogP contribution in [0.3, 0.4) is 0 Å². The van der Waals surface area contributed by atoms with Crippen molar-refractivity contribution in [3.05, 3.63) is 23.8 Å². The van der Waals surface area contributed by atoms with E-state index in [4.69, 9.17) is 9.47 Å². The fraction of sp³-hybridized carbons (Fsp3) is 0.533. The van der Waals surface area contributed by atoms with Crippen molar-refractivity contribution in [3.8, 4) is 11.5 Å². The molecule has 4 nitrogen and oxygen atoms in total. The molecule has 4 heteroatoms. The summed E-state index contributed by atoms with van der Waals surface area (Å²) in [5.74, 6) is 2.21. The van der Waals surface area contributed by atoms with E-state index in [0.29, 0.717) is 17.2 Å². The molecule has 1 heterocycles. The van der Waals surface area contributed by atoms with Crippen molar-refractivity contribution < 1.29 is 14.3 Å². The van der Waals surface area contributed by atoms with Gasteiger partial charge in [-0.3, -0.25) is 4.79 Å². The molecule has 0 aromatic heterocycles. The monoisotopic (exact) mass is 261 g/mol. The lowest BCUT2D eigenvalue weighted by molar-refractivity contribution is 0.0747. The number of carbonyl (C=O) groups is 1. The zero-order valence-corrected chi connectivity index (χ0v) is 11.2. The van der Waals surface area contributed by atoms with Gasteiger partial charge in [0, 0.05) is 18.7 Å². The third-order valence-electron chi connectivity index (χ3n) is 3.58. The number of carbonyl (C=O) groups excluding carboxylic acids is 1. The summed E-state index contributed by atoms with van der Waals surface area (Å²) in [7, 11) is 0. The van der Waals surface area contributed by atoms with Crippen molar-refractivity contribution >= 4 is 5.91 Å². The van der Waals surface area contributed by atoms with Gasteiger partial charge in [0.05, 0.1) is 0 Å². The predicted octanol–water partition coefficient (Wildman–Crippen LogP) is 2.68. The second kappa shape index (κ2) is 5.11. The van der Waals surface area contributed by atoms with Crippen LogP contribution in [0.15, 0.2) is 18.2 Å². The molecule has 0 N–H and O–H groups in total. The molecule has 1 aliphatic heterocycles. The van der Waals surface area contributed by atoms with Crippen LogP contribution in [0.4, 0.5) is 0 Å². The number of rotatable bonds is 5. The minimum atomic E-state index is 0.104. The van der Waals surface area contributed by atoms with Crippen LogP contribution in [-0.4, -0.2) is 30.7 Å². The summed E-state index contributed by atoms with van der Waals surface area (Å²) >= 11 is 0. The molecule has 0 bridgehead atoms. The minimum Gasteiger partial charge on any atom is -0.454 e. The quantitative estimate of drug-likeness (QED) is 0.818. The maximum absolute atomic E-state index is 12.5. The summed E-state index contributed by atoms with van der Waals surface area (Å²) in [5.41, 5.74) is 0.693. The van der Waals surface area contributed by atoms with Gasteiger partial charge < -0.3 is 14.4 Å². The van der Waals surface area contributed by atoms with Crippen LogP contribution in [-0.2, 0) is 0 Å². The number of ether oxygens (including phenoxy) is 2. The maximum Gasteiger partial charge on any atom is 0.254 e. The Balaban J connectivity index is 1.76. The first-order chi connectivity index (χ1) is 9.28. The third kappa shape index (κ3) is 2.67. The van der Waals surface area contributed by atoms with Crippen LogP contribution >= 0.6 is 0 Å². The number of amides is 1. The highest BCUT2D eigenvalue weighted by atomic mass is 16.7. The number of hydrogen-bond acceptors (Lipinski definition) is 3. The Hall–Kier alpha value is -1.71. The van der Waals surface area contributed by atoms with E-state index in [1.165, 1.54) is 12.8 Å². The summed E-state index contributed by atoms with van der Waals surface area (Å²) in [6.45, 7) is 4.06.